The van der Waals surface area contributed by atoms with Gasteiger partial charge in [-0.1, -0.05) is 18.2 Å². The number of sulfonamides is 1. The maximum Gasteiger partial charge on any atom is 0.262 e. The summed E-state index contributed by atoms with van der Waals surface area (Å²) in [7, 11) is -2.28. The molecule has 0 radical (unpaired) electrons. The number of hydrogen-bond donors (Lipinski definition) is 2. The number of benzene rings is 2. The van der Waals surface area contributed by atoms with Gasteiger partial charge in [0.15, 0.2) is 0 Å². The molecule has 2 aromatic carbocycles. The van der Waals surface area contributed by atoms with Crippen molar-refractivity contribution in [2.45, 2.75) is 38.6 Å². The molecule has 146 valence electrons. The molecule has 1 atom stereocenters. The molecular weight excluding hydrogens is 364 g/mol. The summed E-state index contributed by atoms with van der Waals surface area (Å²) in [6, 6.07) is 9.90. The Morgan fingerprint density at radius 2 is 1.81 bits per heavy atom. The molecule has 1 amide bonds. The number of rotatable bonds is 7. The van der Waals surface area contributed by atoms with Gasteiger partial charge in [-0.3, -0.25) is 9.52 Å². The van der Waals surface area contributed by atoms with Crippen LogP contribution in [0, 0.1) is 20.8 Å². The minimum atomic E-state index is -3.83. The summed E-state index contributed by atoms with van der Waals surface area (Å²) in [5.41, 5.74) is 3.23. The fourth-order valence-corrected chi connectivity index (χ4v) is 4.09. The average molecular weight is 391 g/mol. The van der Waals surface area contributed by atoms with Crippen LogP contribution in [0.15, 0.2) is 41.3 Å². The first kappa shape index (κ1) is 20.9. The van der Waals surface area contributed by atoms with Crippen LogP contribution in [-0.4, -0.2) is 34.1 Å². The van der Waals surface area contributed by atoms with Crippen LogP contribution in [0.1, 0.15) is 34.0 Å². The van der Waals surface area contributed by atoms with Gasteiger partial charge in [0.25, 0.3) is 15.9 Å². The van der Waals surface area contributed by atoms with Gasteiger partial charge in [0.1, 0.15) is 0 Å². The van der Waals surface area contributed by atoms with Crippen LogP contribution in [0.4, 0.5) is 5.69 Å². The van der Waals surface area contributed by atoms with Crippen molar-refractivity contribution >= 4 is 21.6 Å². The molecule has 7 heteroatoms. The van der Waals surface area contributed by atoms with Gasteiger partial charge in [0.2, 0.25) is 0 Å². The van der Waals surface area contributed by atoms with Gasteiger partial charge in [0.05, 0.1) is 17.2 Å². The minimum absolute atomic E-state index is 0.0791. The van der Waals surface area contributed by atoms with Gasteiger partial charge in [-0.25, -0.2) is 8.42 Å². The van der Waals surface area contributed by atoms with E-state index in [4.69, 9.17) is 4.74 Å². The molecule has 2 aromatic rings. The highest BCUT2D eigenvalue weighted by molar-refractivity contribution is 7.92. The van der Waals surface area contributed by atoms with Crippen LogP contribution < -0.4 is 10.0 Å². The zero-order chi connectivity index (χ0) is 20.2. The van der Waals surface area contributed by atoms with Gasteiger partial charge in [0, 0.05) is 18.7 Å². The molecule has 0 aliphatic rings. The summed E-state index contributed by atoms with van der Waals surface area (Å²) in [5.74, 6) is -0.345. The third-order valence-corrected chi connectivity index (χ3v) is 5.89. The number of anilines is 1. The monoisotopic (exact) mass is 390 g/mol. The lowest BCUT2D eigenvalue weighted by Gasteiger charge is -2.16. The summed E-state index contributed by atoms with van der Waals surface area (Å²) in [4.78, 5) is 12.5. The molecule has 0 saturated carbocycles. The standard InChI is InChI=1S/C20H26N2O4S/c1-13-7-6-8-18(16(13)4)22-27(24,25)19-11-17(10-9-14(19)2)20(23)21-15(3)12-26-5/h6-11,15,22H,12H2,1-5H3,(H,21,23)/t15-/m1/s1. The Hall–Kier alpha value is -2.38. The van der Waals surface area contributed by atoms with Crippen LogP contribution in [0.2, 0.25) is 0 Å². The highest BCUT2D eigenvalue weighted by Crippen LogP contribution is 2.24. The van der Waals surface area contributed by atoms with Crippen LogP contribution in [0.3, 0.4) is 0 Å². The van der Waals surface area contributed by atoms with Crippen molar-refractivity contribution in [1.82, 2.24) is 5.32 Å². The van der Waals surface area contributed by atoms with Crippen LogP contribution in [-0.2, 0) is 14.8 Å². The molecule has 0 fully saturated rings. The largest absolute Gasteiger partial charge is 0.383 e. The first-order valence-electron chi connectivity index (χ1n) is 8.65. The molecular formula is C20H26N2O4S. The molecule has 27 heavy (non-hydrogen) atoms. The van der Waals surface area contributed by atoms with E-state index in [-0.39, 0.29) is 22.4 Å². The molecule has 2 rings (SSSR count). The van der Waals surface area contributed by atoms with Crippen molar-refractivity contribution < 1.29 is 17.9 Å². The smallest absolute Gasteiger partial charge is 0.262 e. The third-order valence-electron chi connectivity index (χ3n) is 4.38. The van der Waals surface area contributed by atoms with Crippen molar-refractivity contribution in [2.75, 3.05) is 18.4 Å². The Balaban J connectivity index is 2.34. The molecule has 0 aliphatic carbocycles. The average Bonchev–Trinajstić information content (AvgIpc) is 2.59. The van der Waals surface area contributed by atoms with E-state index in [0.29, 0.717) is 17.9 Å². The number of methoxy groups -OCH3 is 1. The molecule has 2 N–H and O–H groups in total. The summed E-state index contributed by atoms with van der Waals surface area (Å²) in [6.07, 6.45) is 0. The molecule has 6 nitrogen and oxygen atoms in total. The second-order valence-corrected chi connectivity index (χ2v) is 8.31. The highest BCUT2D eigenvalue weighted by atomic mass is 32.2. The normalized spacial score (nSPS) is 12.5. The lowest BCUT2D eigenvalue weighted by Crippen LogP contribution is -2.35. The van der Waals surface area contributed by atoms with Crippen molar-refractivity contribution in [1.29, 1.82) is 0 Å². The number of nitrogens with one attached hydrogen (secondary N) is 2. The Morgan fingerprint density at radius 1 is 1.11 bits per heavy atom. The van der Waals surface area contributed by atoms with E-state index in [0.717, 1.165) is 11.1 Å². The molecule has 0 aromatic heterocycles. The van der Waals surface area contributed by atoms with Crippen LogP contribution in [0.5, 0.6) is 0 Å². The number of amides is 1. The Labute approximate surface area is 161 Å². The Kier molecular flexibility index (Phi) is 6.62. The van der Waals surface area contributed by atoms with Crippen molar-refractivity contribution in [3.63, 3.8) is 0 Å². The first-order valence-corrected chi connectivity index (χ1v) is 10.1. The number of hydrogen-bond acceptors (Lipinski definition) is 4. The fraction of sp³-hybridized carbons (Fsp3) is 0.350. The van der Waals surface area contributed by atoms with E-state index in [2.05, 4.69) is 10.0 Å². The van der Waals surface area contributed by atoms with Gasteiger partial charge in [-0.15, -0.1) is 0 Å². The minimum Gasteiger partial charge on any atom is -0.383 e. The number of carbonyl (C=O) groups excluding carboxylic acids is 1. The van der Waals surface area contributed by atoms with Crippen molar-refractivity contribution in [2.24, 2.45) is 0 Å². The zero-order valence-corrected chi connectivity index (χ0v) is 17.1. The van der Waals surface area contributed by atoms with E-state index < -0.39 is 10.0 Å². The second kappa shape index (κ2) is 8.54. The molecule has 0 heterocycles. The topological polar surface area (TPSA) is 84.5 Å². The van der Waals surface area contributed by atoms with Crippen molar-refractivity contribution in [3.05, 3.63) is 58.7 Å². The molecule has 0 spiro atoms. The van der Waals surface area contributed by atoms with Gasteiger partial charge in [-0.05, 0) is 62.6 Å². The van der Waals surface area contributed by atoms with E-state index in [1.54, 1.807) is 38.3 Å². The van der Waals surface area contributed by atoms with Crippen LogP contribution in [0.25, 0.3) is 0 Å². The summed E-state index contributed by atoms with van der Waals surface area (Å²) in [5, 5.41) is 2.78. The van der Waals surface area contributed by atoms with Crippen LogP contribution >= 0.6 is 0 Å². The molecule has 0 saturated heterocycles. The van der Waals surface area contributed by atoms with E-state index in [1.165, 1.54) is 6.07 Å². The second-order valence-electron chi connectivity index (χ2n) is 6.66. The molecule has 0 bridgehead atoms. The number of aryl methyl sites for hydroxylation is 2. The lowest BCUT2D eigenvalue weighted by molar-refractivity contribution is 0.0905. The maximum atomic E-state index is 12.9. The van der Waals surface area contributed by atoms with Gasteiger partial charge < -0.3 is 10.1 Å². The number of ether oxygens (including phenoxy) is 1. The first-order chi connectivity index (χ1) is 12.7. The van der Waals surface area contributed by atoms with E-state index in [1.807, 2.05) is 26.8 Å². The summed E-state index contributed by atoms with van der Waals surface area (Å²) >= 11 is 0. The third kappa shape index (κ3) is 5.08. The molecule has 0 unspecified atom stereocenters. The maximum absolute atomic E-state index is 12.9. The van der Waals surface area contributed by atoms with Crippen molar-refractivity contribution in [3.8, 4) is 0 Å². The quantitative estimate of drug-likeness (QED) is 0.760. The zero-order valence-electron chi connectivity index (χ0n) is 16.3. The molecule has 0 aliphatic heterocycles. The summed E-state index contributed by atoms with van der Waals surface area (Å²) < 4.78 is 33.5. The predicted molar refractivity (Wildman–Crippen MR) is 107 cm³/mol. The Bertz CT molecular complexity index is 939. The predicted octanol–water partition coefficient (Wildman–Crippen LogP) is 3.18. The highest BCUT2D eigenvalue weighted by Gasteiger charge is 2.21. The SMILES string of the molecule is COC[C@@H](C)NC(=O)c1ccc(C)c(S(=O)(=O)Nc2cccc(C)c2C)c1. The van der Waals surface area contributed by atoms with E-state index in [9.17, 15) is 13.2 Å². The van der Waals surface area contributed by atoms with E-state index >= 15 is 0 Å². The fourth-order valence-electron chi connectivity index (χ4n) is 2.69. The summed E-state index contributed by atoms with van der Waals surface area (Å²) in [6.45, 7) is 7.67. The number of carbonyl (C=O) groups is 1. The Morgan fingerprint density at radius 3 is 2.48 bits per heavy atom. The van der Waals surface area contributed by atoms with Gasteiger partial charge >= 0.3 is 0 Å². The lowest BCUT2D eigenvalue weighted by atomic mass is 10.1. The van der Waals surface area contributed by atoms with Gasteiger partial charge in [-0.2, -0.15) is 0 Å².